The number of aliphatic carboxylic acids is 1. The molecule has 1 aliphatic rings. The van der Waals surface area contributed by atoms with Gasteiger partial charge in [0.2, 0.25) is 0 Å². The molecule has 0 aromatic heterocycles. The molecule has 0 spiro atoms. The molecule has 1 fully saturated rings. The van der Waals surface area contributed by atoms with Gasteiger partial charge >= 0.3 is 12.0 Å². The van der Waals surface area contributed by atoms with E-state index >= 15 is 0 Å². The van der Waals surface area contributed by atoms with Crippen molar-refractivity contribution in [1.82, 2.24) is 10.2 Å². The van der Waals surface area contributed by atoms with Gasteiger partial charge in [-0.25, -0.2) is 9.59 Å². The Morgan fingerprint density at radius 2 is 2.25 bits per heavy atom. The van der Waals surface area contributed by atoms with Gasteiger partial charge in [0.15, 0.2) is 0 Å². The molecule has 0 aliphatic carbocycles. The van der Waals surface area contributed by atoms with E-state index in [1.807, 2.05) is 6.92 Å². The Balaban J connectivity index is 2.67. The van der Waals surface area contributed by atoms with E-state index in [0.29, 0.717) is 19.6 Å². The van der Waals surface area contributed by atoms with Crippen LogP contribution >= 0.6 is 0 Å². The largest absolute Gasteiger partial charge is 0.480 e. The third-order valence-corrected chi connectivity index (χ3v) is 2.87. The average molecular weight is 229 g/mol. The van der Waals surface area contributed by atoms with Gasteiger partial charge in [0.25, 0.3) is 0 Å². The molecule has 0 saturated carbocycles. The Bertz CT molecular complexity index is 270. The summed E-state index contributed by atoms with van der Waals surface area (Å²) in [5, 5.41) is 11.7. The Hall–Kier alpha value is -1.30. The number of hydrogen-bond acceptors (Lipinski definition) is 3. The first-order valence-corrected chi connectivity index (χ1v) is 5.55. The van der Waals surface area contributed by atoms with E-state index in [1.165, 1.54) is 4.90 Å². The molecule has 0 radical (unpaired) electrons. The lowest BCUT2D eigenvalue weighted by atomic mass is 9.91. The number of nitrogens with one attached hydrogen (secondary N) is 1. The van der Waals surface area contributed by atoms with Crippen LogP contribution in [0.3, 0.4) is 0 Å². The number of rotatable bonds is 3. The van der Waals surface area contributed by atoms with Crippen LogP contribution in [-0.2, 0) is 4.79 Å². The quantitative estimate of drug-likeness (QED) is 0.626. The van der Waals surface area contributed by atoms with Crippen LogP contribution < -0.4 is 11.1 Å². The smallest absolute Gasteiger partial charge is 0.326 e. The SMILES string of the molecule is CC1CCCN(C(=O)NCCN)C1C(=O)O. The number of carboxylic acids is 1. The van der Waals surface area contributed by atoms with Crippen LogP contribution in [-0.4, -0.2) is 47.7 Å². The summed E-state index contributed by atoms with van der Waals surface area (Å²) in [6.07, 6.45) is 1.69. The molecule has 92 valence electrons. The minimum absolute atomic E-state index is 0.00474. The maximum absolute atomic E-state index is 11.7. The highest BCUT2D eigenvalue weighted by Crippen LogP contribution is 2.23. The van der Waals surface area contributed by atoms with Crippen LogP contribution in [0, 0.1) is 5.92 Å². The van der Waals surface area contributed by atoms with Gasteiger partial charge in [0.05, 0.1) is 0 Å². The van der Waals surface area contributed by atoms with Crippen LogP contribution in [0.1, 0.15) is 19.8 Å². The van der Waals surface area contributed by atoms with Crippen LogP contribution in [0.4, 0.5) is 4.79 Å². The molecule has 1 heterocycles. The summed E-state index contributed by atoms with van der Waals surface area (Å²) in [6.45, 7) is 3.09. The molecule has 1 aliphatic heterocycles. The zero-order valence-electron chi connectivity index (χ0n) is 9.48. The predicted molar refractivity (Wildman–Crippen MR) is 59.0 cm³/mol. The summed E-state index contributed by atoms with van der Waals surface area (Å²) < 4.78 is 0. The first-order chi connectivity index (χ1) is 7.57. The first kappa shape index (κ1) is 12.8. The number of piperidine rings is 1. The number of carbonyl (C=O) groups excluding carboxylic acids is 1. The van der Waals surface area contributed by atoms with Gasteiger partial charge in [0, 0.05) is 19.6 Å². The normalized spacial score (nSPS) is 25.2. The summed E-state index contributed by atoms with van der Waals surface area (Å²) in [4.78, 5) is 24.2. The number of nitrogens with zero attached hydrogens (tertiary/aromatic N) is 1. The molecule has 16 heavy (non-hydrogen) atoms. The van der Waals surface area contributed by atoms with Gasteiger partial charge in [-0.15, -0.1) is 0 Å². The van der Waals surface area contributed by atoms with E-state index in [9.17, 15) is 9.59 Å². The fraction of sp³-hybridized carbons (Fsp3) is 0.800. The minimum Gasteiger partial charge on any atom is -0.480 e. The summed E-state index contributed by atoms with van der Waals surface area (Å²) in [5.74, 6) is -0.940. The Kier molecular flexibility index (Phi) is 4.54. The lowest BCUT2D eigenvalue weighted by molar-refractivity contribution is -0.145. The van der Waals surface area contributed by atoms with E-state index in [1.54, 1.807) is 0 Å². The highest BCUT2D eigenvalue weighted by Gasteiger charge is 2.36. The molecule has 6 heteroatoms. The van der Waals surface area contributed by atoms with Gasteiger partial charge in [-0.3, -0.25) is 0 Å². The maximum Gasteiger partial charge on any atom is 0.326 e. The molecule has 2 atom stereocenters. The van der Waals surface area contributed by atoms with Gasteiger partial charge in [-0.2, -0.15) is 0 Å². The van der Waals surface area contributed by atoms with E-state index < -0.39 is 12.0 Å². The summed E-state index contributed by atoms with van der Waals surface area (Å²) in [6, 6.07) is -1.05. The van der Waals surface area contributed by atoms with Crippen molar-refractivity contribution in [3.05, 3.63) is 0 Å². The Morgan fingerprint density at radius 1 is 1.56 bits per heavy atom. The molecule has 0 aromatic rings. The standard InChI is InChI=1S/C10H19N3O3/c1-7-3-2-6-13(8(7)9(14)15)10(16)12-5-4-11/h7-8H,2-6,11H2,1H3,(H,12,16)(H,14,15). The number of likely N-dealkylation sites (tertiary alicyclic amines) is 1. The number of nitrogens with two attached hydrogens (primary N) is 1. The Labute approximate surface area is 94.8 Å². The molecule has 2 amide bonds. The molecule has 1 saturated heterocycles. The number of amides is 2. The lowest BCUT2D eigenvalue weighted by Crippen LogP contribution is -2.55. The predicted octanol–water partition coefficient (Wildman–Crippen LogP) is -0.160. The van der Waals surface area contributed by atoms with Crippen molar-refractivity contribution in [3.63, 3.8) is 0 Å². The second-order valence-corrected chi connectivity index (χ2v) is 4.12. The molecule has 0 aromatic carbocycles. The fourth-order valence-corrected chi connectivity index (χ4v) is 2.07. The van der Waals surface area contributed by atoms with Gasteiger partial charge in [0.1, 0.15) is 6.04 Å². The minimum atomic E-state index is -0.935. The van der Waals surface area contributed by atoms with Gasteiger partial charge < -0.3 is 21.1 Å². The van der Waals surface area contributed by atoms with Crippen LogP contribution in [0.15, 0.2) is 0 Å². The number of carboxylic acid groups (broad SMARTS) is 1. The highest BCUT2D eigenvalue weighted by molar-refractivity contribution is 5.83. The summed E-state index contributed by atoms with van der Waals surface area (Å²) in [5.41, 5.74) is 5.28. The molecule has 2 unspecified atom stereocenters. The van der Waals surface area contributed by atoms with Crippen molar-refractivity contribution in [1.29, 1.82) is 0 Å². The van der Waals surface area contributed by atoms with Crippen LogP contribution in [0.2, 0.25) is 0 Å². The van der Waals surface area contributed by atoms with E-state index in [0.717, 1.165) is 12.8 Å². The number of carbonyl (C=O) groups is 2. The van der Waals surface area contributed by atoms with Crippen LogP contribution in [0.5, 0.6) is 0 Å². The second-order valence-electron chi connectivity index (χ2n) is 4.12. The van der Waals surface area contributed by atoms with E-state index in [2.05, 4.69) is 5.32 Å². The molecule has 1 rings (SSSR count). The third kappa shape index (κ3) is 2.85. The summed E-state index contributed by atoms with van der Waals surface area (Å²) >= 11 is 0. The summed E-state index contributed by atoms with van der Waals surface area (Å²) in [7, 11) is 0. The maximum atomic E-state index is 11.7. The highest BCUT2D eigenvalue weighted by atomic mass is 16.4. The molecular weight excluding hydrogens is 210 g/mol. The molecule has 0 bridgehead atoms. The molecule has 4 N–H and O–H groups in total. The van der Waals surface area contributed by atoms with Crippen molar-refractivity contribution < 1.29 is 14.7 Å². The Morgan fingerprint density at radius 3 is 2.81 bits per heavy atom. The van der Waals surface area contributed by atoms with E-state index in [4.69, 9.17) is 10.8 Å². The number of urea groups is 1. The second kappa shape index (κ2) is 5.69. The van der Waals surface area contributed by atoms with Crippen molar-refractivity contribution in [2.45, 2.75) is 25.8 Å². The van der Waals surface area contributed by atoms with Gasteiger partial charge in [-0.1, -0.05) is 6.92 Å². The molecule has 6 nitrogen and oxygen atoms in total. The molecular formula is C10H19N3O3. The van der Waals surface area contributed by atoms with Crippen molar-refractivity contribution in [2.24, 2.45) is 11.7 Å². The van der Waals surface area contributed by atoms with Crippen molar-refractivity contribution >= 4 is 12.0 Å². The zero-order valence-corrected chi connectivity index (χ0v) is 9.48. The van der Waals surface area contributed by atoms with Crippen molar-refractivity contribution in [2.75, 3.05) is 19.6 Å². The van der Waals surface area contributed by atoms with Gasteiger partial charge in [-0.05, 0) is 18.8 Å². The van der Waals surface area contributed by atoms with E-state index in [-0.39, 0.29) is 11.9 Å². The monoisotopic (exact) mass is 229 g/mol. The topological polar surface area (TPSA) is 95.7 Å². The number of hydrogen-bond donors (Lipinski definition) is 3. The average Bonchev–Trinajstić information content (AvgIpc) is 2.24. The third-order valence-electron chi connectivity index (χ3n) is 2.87. The van der Waals surface area contributed by atoms with Crippen LogP contribution in [0.25, 0.3) is 0 Å². The lowest BCUT2D eigenvalue weighted by Gasteiger charge is -2.37. The van der Waals surface area contributed by atoms with Crippen molar-refractivity contribution in [3.8, 4) is 0 Å². The first-order valence-electron chi connectivity index (χ1n) is 5.55. The fourth-order valence-electron chi connectivity index (χ4n) is 2.07. The zero-order chi connectivity index (χ0) is 12.1.